The van der Waals surface area contributed by atoms with Crippen molar-refractivity contribution in [1.82, 2.24) is 0 Å². The number of hydrogen-bond donors (Lipinski definition) is 0. The fourth-order valence-corrected chi connectivity index (χ4v) is 12.8. The molecule has 0 spiro atoms. The predicted octanol–water partition coefficient (Wildman–Crippen LogP) is 7.79. The summed E-state index contributed by atoms with van der Waals surface area (Å²) in [6, 6.07) is 9.55. The summed E-state index contributed by atoms with van der Waals surface area (Å²) >= 11 is 0. The van der Waals surface area contributed by atoms with E-state index in [1.54, 1.807) is 10.6 Å². The predicted molar refractivity (Wildman–Crippen MR) is 135 cm³/mol. The Morgan fingerprint density at radius 1 is 0.636 bits per heavy atom. The van der Waals surface area contributed by atoms with Crippen molar-refractivity contribution in [3.8, 4) is 0 Å². The number of rotatable bonds is 2. The van der Waals surface area contributed by atoms with Crippen LogP contribution in [0.15, 0.2) is 24.3 Å². The van der Waals surface area contributed by atoms with Gasteiger partial charge < -0.3 is 17.3 Å². The van der Waals surface area contributed by atoms with Gasteiger partial charge in [0.1, 0.15) is 0 Å². The number of benzene rings is 1. The fraction of sp³-hybridized carbons (Fsp3) is 0.600. The van der Waals surface area contributed by atoms with Gasteiger partial charge in [-0.05, 0) is 103 Å². The minimum absolute atomic E-state index is 0. The van der Waals surface area contributed by atoms with E-state index < -0.39 is 7.25 Å². The molecule has 4 aliphatic rings. The largest absolute Gasteiger partial charge is 0.673 e. The zero-order chi connectivity index (χ0) is 23.5. The van der Waals surface area contributed by atoms with Crippen LogP contribution in [0.25, 0.3) is 0 Å². The molecule has 0 amide bonds. The van der Waals surface area contributed by atoms with Gasteiger partial charge in [0.15, 0.2) is 0 Å². The first kappa shape index (κ1) is 29.7. The van der Waals surface area contributed by atoms with Crippen LogP contribution in [0.4, 0.5) is 17.3 Å². The Labute approximate surface area is 214 Å². The molecular weight excluding hydrogens is 552 g/mol. The molecule has 2 heterocycles. The van der Waals surface area contributed by atoms with Crippen molar-refractivity contribution in [2.45, 2.75) is 82.4 Å². The molecule has 187 valence electrons. The Kier molecular flexibility index (Phi) is 11.8. The molecule has 2 bridgehead atoms. The van der Waals surface area contributed by atoms with Gasteiger partial charge in [0, 0.05) is 19.5 Å². The van der Waals surface area contributed by atoms with Gasteiger partial charge in [-0.2, -0.15) is 0 Å². The van der Waals surface area contributed by atoms with Crippen molar-refractivity contribution in [3.05, 3.63) is 49.9 Å². The van der Waals surface area contributed by atoms with Crippen molar-refractivity contribution in [2.75, 3.05) is 0 Å². The molecule has 5 rings (SSSR count). The normalized spacial score (nSPS) is 33.7. The average Bonchev–Trinajstić information content (AvgIpc) is 3.49. The second kappa shape index (κ2) is 13.2. The van der Waals surface area contributed by atoms with Crippen LogP contribution in [0.5, 0.6) is 0 Å². The van der Waals surface area contributed by atoms with E-state index in [2.05, 4.69) is 77.6 Å². The summed E-state index contributed by atoms with van der Waals surface area (Å²) in [5.74, 6) is 1.62. The molecule has 2 saturated carbocycles. The van der Waals surface area contributed by atoms with Gasteiger partial charge in [-0.25, -0.2) is 0 Å². The molecule has 4 atom stereocenters. The van der Waals surface area contributed by atoms with Crippen LogP contribution in [0.1, 0.15) is 59.8 Å². The molecule has 5 radical (unpaired) electrons. The third-order valence-electron chi connectivity index (χ3n) is 7.10. The molecule has 2 aliphatic heterocycles. The van der Waals surface area contributed by atoms with Crippen LogP contribution in [-0.2, 0) is 19.5 Å². The van der Waals surface area contributed by atoms with Gasteiger partial charge in [0.05, 0.1) is 0 Å². The zero-order valence-electron chi connectivity index (χ0n) is 19.9. The zero-order valence-corrected chi connectivity index (χ0v) is 23.4. The first-order chi connectivity index (χ1) is 15.0. The van der Waals surface area contributed by atoms with Gasteiger partial charge in [0.25, 0.3) is 0 Å². The summed E-state index contributed by atoms with van der Waals surface area (Å²) in [4.78, 5) is 0. The monoisotopic (exact) mass is 588 g/mol. The van der Waals surface area contributed by atoms with E-state index in [4.69, 9.17) is 0 Å². The maximum atomic E-state index is 9.75. The Balaban J connectivity index is 0.000000243. The van der Waals surface area contributed by atoms with E-state index in [9.17, 15) is 17.3 Å². The molecule has 0 N–H and O–H groups in total. The summed E-state index contributed by atoms with van der Waals surface area (Å²) in [6.45, 7) is 10.0. The molecule has 1 aromatic rings. The maximum absolute atomic E-state index is 9.75. The molecule has 2 aliphatic carbocycles. The fourth-order valence-electron chi connectivity index (χ4n) is 5.57. The SMILES string of the molecule is C[C@@H]1CC[C@@H](C)P1c1ccccc1P1[C@H](C)CC[C@H]1C.F[B-](F)(F)F.[CH]1[CH]C2[CH][CH]C1C2.[Rh]. The van der Waals surface area contributed by atoms with Crippen LogP contribution in [0.3, 0.4) is 0 Å². The number of halogens is 4. The van der Waals surface area contributed by atoms with Gasteiger partial charge in [0.2, 0.25) is 0 Å². The maximum Gasteiger partial charge on any atom is 0.673 e. The van der Waals surface area contributed by atoms with E-state index in [1.165, 1.54) is 32.1 Å². The van der Waals surface area contributed by atoms with Crippen LogP contribution in [0.2, 0.25) is 0 Å². The minimum atomic E-state index is -6.00. The van der Waals surface area contributed by atoms with E-state index in [0.29, 0.717) is 0 Å². The summed E-state index contributed by atoms with van der Waals surface area (Å²) in [5.41, 5.74) is 3.74. The van der Waals surface area contributed by atoms with Crippen LogP contribution >= 0.6 is 15.8 Å². The molecule has 0 aromatic heterocycles. The van der Waals surface area contributed by atoms with Gasteiger partial charge in [-0.15, -0.1) is 0 Å². The Morgan fingerprint density at radius 2 is 0.909 bits per heavy atom. The summed E-state index contributed by atoms with van der Waals surface area (Å²) in [7, 11) is -5.84. The molecule has 1 aromatic carbocycles. The topological polar surface area (TPSA) is 0 Å². The van der Waals surface area contributed by atoms with Gasteiger partial charge in [-0.1, -0.05) is 67.8 Å². The van der Waals surface area contributed by atoms with Gasteiger partial charge >= 0.3 is 7.25 Å². The quantitative estimate of drug-likeness (QED) is 0.188. The number of hydrogen-bond acceptors (Lipinski definition) is 0. The second-order valence-electron chi connectivity index (χ2n) is 9.68. The molecule has 8 heteroatoms. The van der Waals surface area contributed by atoms with Crippen molar-refractivity contribution in [3.63, 3.8) is 0 Å². The van der Waals surface area contributed by atoms with Gasteiger partial charge in [-0.3, -0.25) is 0 Å². The Bertz CT molecular complexity index is 648. The van der Waals surface area contributed by atoms with E-state index >= 15 is 0 Å². The van der Waals surface area contributed by atoms with Crippen LogP contribution in [0, 0.1) is 37.5 Å². The van der Waals surface area contributed by atoms with Crippen LogP contribution in [-0.4, -0.2) is 29.9 Å². The van der Waals surface area contributed by atoms with Crippen molar-refractivity contribution < 1.29 is 36.7 Å². The first-order valence-corrected chi connectivity index (χ1v) is 14.9. The summed E-state index contributed by atoms with van der Waals surface area (Å²) < 4.78 is 39.0. The molecule has 0 unspecified atom stereocenters. The number of fused-ring (bicyclic) bond motifs is 2. The molecule has 4 fully saturated rings. The van der Waals surface area contributed by atoms with Crippen molar-refractivity contribution >= 4 is 33.7 Å². The third-order valence-corrected chi connectivity index (χ3v) is 14.0. The summed E-state index contributed by atoms with van der Waals surface area (Å²) in [6.07, 6.45) is 16.3. The van der Waals surface area contributed by atoms with Crippen molar-refractivity contribution in [2.24, 2.45) is 11.8 Å². The molecule has 33 heavy (non-hydrogen) atoms. The molecule has 0 nitrogen and oxygen atoms in total. The summed E-state index contributed by atoms with van der Waals surface area (Å²) in [5, 5.41) is 3.57. The second-order valence-corrected chi connectivity index (χ2v) is 15.8. The van der Waals surface area contributed by atoms with Crippen molar-refractivity contribution in [1.29, 1.82) is 0 Å². The average molecular weight is 588 g/mol. The van der Waals surface area contributed by atoms with E-state index in [0.717, 1.165) is 34.5 Å². The van der Waals surface area contributed by atoms with E-state index in [1.807, 2.05) is 0 Å². The first-order valence-electron chi connectivity index (χ1n) is 11.9. The smallest absolute Gasteiger partial charge is 0.418 e. The standard InChI is InChI=1S/C18H28P2.C7H8.BF4.Rh/c1-13-9-10-14(2)19(13)17-7-5-6-8-18(17)20-15(3)11-12-16(20)4;1-2-7-4-3-6(1)5-7;2-1(3,4)5;/h5-8,13-16H,9-12H2,1-4H3;1-4,6-7H,5H2;;/q;;-1;/t13-,14-,15-,16-;;;/m1.../s1. The van der Waals surface area contributed by atoms with E-state index in [-0.39, 0.29) is 35.3 Å². The minimum Gasteiger partial charge on any atom is -0.418 e. The molecular formula is C25H36BF4P2Rh-. The Morgan fingerprint density at radius 3 is 1.12 bits per heavy atom. The third kappa shape index (κ3) is 8.53. The van der Waals surface area contributed by atoms with Crippen LogP contribution < -0.4 is 10.6 Å². The molecule has 2 saturated heterocycles. The Hall–Kier alpha value is 0.488.